The highest BCUT2D eigenvalue weighted by Crippen LogP contribution is 2.15. The molecule has 0 saturated heterocycles. The van der Waals surface area contributed by atoms with Crippen molar-refractivity contribution in [1.29, 1.82) is 0 Å². The number of hydrogen-bond donors (Lipinski definition) is 1. The first-order valence-electron chi connectivity index (χ1n) is 6.86. The molecule has 3 nitrogen and oxygen atoms in total. The number of nitrogens with two attached hydrogens (primary N) is 1. The number of rotatable bonds is 1. The number of carbonyl (C=O) groups is 1. The molecule has 1 aliphatic rings. The summed E-state index contributed by atoms with van der Waals surface area (Å²) in [6, 6.07) is 9.85. The molecule has 0 spiro atoms. The molecular formula is C16H20N2O. The van der Waals surface area contributed by atoms with Crippen LogP contribution in [0.5, 0.6) is 0 Å². The molecule has 1 aliphatic carbocycles. The van der Waals surface area contributed by atoms with Crippen molar-refractivity contribution in [3.63, 3.8) is 0 Å². The normalized spacial score (nSPS) is 15.6. The molecule has 0 atom stereocenters. The third-order valence-electron chi connectivity index (χ3n) is 3.46. The third-order valence-corrected chi connectivity index (χ3v) is 3.46. The second-order valence-electron chi connectivity index (χ2n) is 4.93. The van der Waals surface area contributed by atoms with Crippen LogP contribution in [0.2, 0.25) is 0 Å². The zero-order valence-corrected chi connectivity index (χ0v) is 11.1. The summed E-state index contributed by atoms with van der Waals surface area (Å²) in [6.07, 6.45) is 9.16. The van der Waals surface area contributed by atoms with E-state index in [0.29, 0.717) is 11.6 Å². The van der Waals surface area contributed by atoms with Crippen molar-refractivity contribution >= 4 is 17.2 Å². The average molecular weight is 256 g/mol. The van der Waals surface area contributed by atoms with Gasteiger partial charge in [-0.15, -0.1) is 0 Å². The molecular weight excluding hydrogens is 236 g/mol. The molecule has 0 aliphatic heterocycles. The quantitative estimate of drug-likeness (QED) is 0.796. The SMILES string of the molecule is NC1CCCCC1.O=Cc1ccnc2ccccc12. The van der Waals surface area contributed by atoms with Crippen molar-refractivity contribution in [1.82, 2.24) is 4.98 Å². The van der Waals surface area contributed by atoms with Crippen LogP contribution in [-0.2, 0) is 0 Å². The molecule has 1 heterocycles. The first-order chi connectivity index (χ1) is 9.31. The van der Waals surface area contributed by atoms with Gasteiger partial charge in [0.15, 0.2) is 6.29 Å². The Balaban J connectivity index is 0.000000163. The summed E-state index contributed by atoms with van der Waals surface area (Å²) >= 11 is 0. The molecule has 0 bridgehead atoms. The van der Waals surface area contributed by atoms with E-state index < -0.39 is 0 Å². The van der Waals surface area contributed by atoms with E-state index in [1.54, 1.807) is 12.3 Å². The molecule has 1 aromatic heterocycles. The molecule has 3 heteroatoms. The van der Waals surface area contributed by atoms with Crippen LogP contribution >= 0.6 is 0 Å². The van der Waals surface area contributed by atoms with Crippen LogP contribution in [0.15, 0.2) is 36.5 Å². The number of pyridine rings is 1. The van der Waals surface area contributed by atoms with E-state index in [9.17, 15) is 4.79 Å². The molecule has 1 fully saturated rings. The standard InChI is InChI=1S/C10H7NO.C6H13N/c12-7-8-5-6-11-10-4-2-1-3-9(8)10;7-6-4-2-1-3-5-6/h1-7H;6H,1-5,7H2. The Hall–Kier alpha value is -1.74. The second-order valence-corrected chi connectivity index (χ2v) is 4.93. The third kappa shape index (κ3) is 3.86. The fraction of sp³-hybridized carbons (Fsp3) is 0.375. The first-order valence-corrected chi connectivity index (χ1v) is 6.86. The summed E-state index contributed by atoms with van der Waals surface area (Å²) in [4.78, 5) is 14.7. The number of aldehydes is 1. The number of carbonyl (C=O) groups excluding carboxylic acids is 1. The highest BCUT2D eigenvalue weighted by Gasteiger charge is 2.06. The fourth-order valence-electron chi connectivity index (χ4n) is 2.35. The van der Waals surface area contributed by atoms with Gasteiger partial charge in [-0.25, -0.2) is 0 Å². The maximum absolute atomic E-state index is 10.6. The van der Waals surface area contributed by atoms with Gasteiger partial charge in [-0.2, -0.15) is 0 Å². The van der Waals surface area contributed by atoms with Gasteiger partial charge in [0.25, 0.3) is 0 Å². The van der Waals surface area contributed by atoms with E-state index in [0.717, 1.165) is 17.2 Å². The number of nitrogens with zero attached hydrogens (tertiary/aromatic N) is 1. The van der Waals surface area contributed by atoms with Crippen LogP contribution in [0, 0.1) is 0 Å². The van der Waals surface area contributed by atoms with Gasteiger partial charge in [-0.3, -0.25) is 9.78 Å². The van der Waals surface area contributed by atoms with Gasteiger partial charge in [0.05, 0.1) is 5.52 Å². The summed E-state index contributed by atoms with van der Waals surface area (Å²) in [5.74, 6) is 0. The van der Waals surface area contributed by atoms with Crippen molar-refractivity contribution < 1.29 is 4.79 Å². The van der Waals surface area contributed by atoms with Gasteiger partial charge < -0.3 is 5.73 Å². The summed E-state index contributed by atoms with van der Waals surface area (Å²) < 4.78 is 0. The lowest BCUT2D eigenvalue weighted by Gasteiger charge is -2.15. The average Bonchev–Trinajstić information content (AvgIpc) is 2.48. The monoisotopic (exact) mass is 256 g/mol. The van der Waals surface area contributed by atoms with Crippen LogP contribution in [0.3, 0.4) is 0 Å². The minimum absolute atomic E-state index is 0.536. The number of fused-ring (bicyclic) bond motifs is 1. The van der Waals surface area contributed by atoms with Crippen molar-refractivity contribution in [3.8, 4) is 0 Å². The van der Waals surface area contributed by atoms with E-state index in [-0.39, 0.29) is 0 Å². The molecule has 100 valence electrons. The van der Waals surface area contributed by atoms with Gasteiger partial charge in [0.1, 0.15) is 0 Å². The molecule has 0 amide bonds. The Kier molecular flexibility index (Phi) is 5.04. The lowest BCUT2D eigenvalue weighted by molar-refractivity contribution is 0.112. The van der Waals surface area contributed by atoms with Gasteiger partial charge in [0, 0.05) is 23.2 Å². The Bertz CT molecular complexity index is 528. The van der Waals surface area contributed by atoms with Crippen LogP contribution in [0.4, 0.5) is 0 Å². The number of para-hydroxylation sites is 1. The van der Waals surface area contributed by atoms with Crippen molar-refractivity contribution in [2.24, 2.45) is 5.73 Å². The fourth-order valence-corrected chi connectivity index (χ4v) is 2.35. The predicted molar refractivity (Wildman–Crippen MR) is 78.2 cm³/mol. The second kappa shape index (κ2) is 7.00. The van der Waals surface area contributed by atoms with E-state index in [2.05, 4.69) is 4.98 Å². The lowest BCUT2D eigenvalue weighted by atomic mass is 9.97. The maximum atomic E-state index is 10.6. The Morgan fingerprint density at radius 2 is 1.84 bits per heavy atom. The molecule has 0 unspecified atom stereocenters. The summed E-state index contributed by atoms with van der Waals surface area (Å²) in [5, 5.41) is 0.912. The molecule has 2 N–H and O–H groups in total. The predicted octanol–water partition coefficient (Wildman–Crippen LogP) is 3.33. The largest absolute Gasteiger partial charge is 0.328 e. The summed E-state index contributed by atoms with van der Waals surface area (Å²) in [5.41, 5.74) is 7.19. The van der Waals surface area contributed by atoms with Crippen molar-refractivity contribution in [2.75, 3.05) is 0 Å². The van der Waals surface area contributed by atoms with Crippen molar-refractivity contribution in [2.45, 2.75) is 38.1 Å². The van der Waals surface area contributed by atoms with Crippen LogP contribution in [0.25, 0.3) is 10.9 Å². The Morgan fingerprint density at radius 3 is 2.47 bits per heavy atom. The summed E-state index contributed by atoms with van der Waals surface area (Å²) in [7, 11) is 0. The van der Waals surface area contributed by atoms with Crippen LogP contribution in [0.1, 0.15) is 42.5 Å². The van der Waals surface area contributed by atoms with Gasteiger partial charge in [0.2, 0.25) is 0 Å². The minimum atomic E-state index is 0.536. The van der Waals surface area contributed by atoms with Crippen molar-refractivity contribution in [3.05, 3.63) is 42.1 Å². The zero-order valence-electron chi connectivity index (χ0n) is 11.1. The molecule has 2 aromatic rings. The molecule has 3 rings (SSSR count). The highest BCUT2D eigenvalue weighted by atomic mass is 16.1. The van der Waals surface area contributed by atoms with E-state index in [1.807, 2.05) is 24.3 Å². The number of aromatic nitrogens is 1. The zero-order chi connectivity index (χ0) is 13.5. The van der Waals surface area contributed by atoms with E-state index in [1.165, 1.54) is 32.1 Å². The molecule has 19 heavy (non-hydrogen) atoms. The smallest absolute Gasteiger partial charge is 0.150 e. The number of benzene rings is 1. The summed E-state index contributed by atoms with van der Waals surface area (Å²) in [6.45, 7) is 0. The minimum Gasteiger partial charge on any atom is -0.328 e. The van der Waals surface area contributed by atoms with Crippen LogP contribution < -0.4 is 5.73 Å². The lowest BCUT2D eigenvalue weighted by Crippen LogP contribution is -2.22. The van der Waals surface area contributed by atoms with E-state index in [4.69, 9.17) is 5.73 Å². The van der Waals surface area contributed by atoms with Gasteiger partial charge >= 0.3 is 0 Å². The Morgan fingerprint density at radius 1 is 1.11 bits per heavy atom. The molecule has 1 aromatic carbocycles. The highest BCUT2D eigenvalue weighted by molar-refractivity contribution is 5.95. The maximum Gasteiger partial charge on any atom is 0.150 e. The molecule has 0 radical (unpaired) electrons. The Labute approximate surface area is 113 Å². The van der Waals surface area contributed by atoms with Gasteiger partial charge in [-0.1, -0.05) is 37.5 Å². The number of hydrogen-bond acceptors (Lipinski definition) is 3. The first kappa shape index (κ1) is 13.7. The molecule has 1 saturated carbocycles. The van der Waals surface area contributed by atoms with Gasteiger partial charge in [-0.05, 0) is 25.0 Å². The topological polar surface area (TPSA) is 56.0 Å². The van der Waals surface area contributed by atoms with E-state index >= 15 is 0 Å². The van der Waals surface area contributed by atoms with Crippen LogP contribution in [-0.4, -0.2) is 17.3 Å².